The third kappa shape index (κ3) is 4.87. The highest BCUT2D eigenvalue weighted by molar-refractivity contribution is 5.77. The smallest absolute Gasteiger partial charge is 0.292 e. The summed E-state index contributed by atoms with van der Waals surface area (Å²) < 4.78 is 0. The average molecular weight is 279 g/mol. The number of nitro groups is 1. The molecular formula is C14H21N3O3. The Kier molecular flexibility index (Phi) is 5.49. The van der Waals surface area contributed by atoms with Crippen molar-refractivity contribution < 1.29 is 9.72 Å². The summed E-state index contributed by atoms with van der Waals surface area (Å²) in [5.74, 6) is -0.0667. The standard InChI is InChI=1S/C14H21N3O3/c1-4-14(2,3)16-13(18)9-10-15-11-7-5-6-8-12(11)17(19)20/h5-8,15H,4,9-10H2,1-3H3,(H,16,18). The van der Waals surface area contributed by atoms with Gasteiger partial charge in [-0.3, -0.25) is 14.9 Å². The normalized spacial score (nSPS) is 10.9. The Bertz CT molecular complexity index is 486. The number of para-hydroxylation sites is 2. The van der Waals surface area contributed by atoms with E-state index in [0.717, 1.165) is 6.42 Å². The van der Waals surface area contributed by atoms with Crippen LogP contribution < -0.4 is 10.6 Å². The first-order valence-corrected chi connectivity index (χ1v) is 6.64. The van der Waals surface area contributed by atoms with Crippen LogP contribution in [-0.2, 0) is 4.79 Å². The lowest BCUT2D eigenvalue weighted by Crippen LogP contribution is -2.43. The largest absolute Gasteiger partial charge is 0.379 e. The highest BCUT2D eigenvalue weighted by Crippen LogP contribution is 2.22. The molecule has 0 aromatic heterocycles. The summed E-state index contributed by atoms with van der Waals surface area (Å²) in [6, 6.07) is 6.39. The van der Waals surface area contributed by atoms with Gasteiger partial charge in [0, 0.05) is 24.6 Å². The zero-order valence-electron chi connectivity index (χ0n) is 12.1. The molecule has 0 radical (unpaired) electrons. The monoisotopic (exact) mass is 279 g/mol. The van der Waals surface area contributed by atoms with Crippen LogP contribution in [0.15, 0.2) is 24.3 Å². The molecule has 1 amide bonds. The summed E-state index contributed by atoms with van der Waals surface area (Å²) in [4.78, 5) is 22.1. The lowest BCUT2D eigenvalue weighted by molar-refractivity contribution is -0.384. The van der Waals surface area contributed by atoms with Crippen LogP contribution in [0, 0.1) is 10.1 Å². The van der Waals surface area contributed by atoms with E-state index < -0.39 is 4.92 Å². The number of anilines is 1. The van der Waals surface area contributed by atoms with Crippen LogP contribution in [0.4, 0.5) is 11.4 Å². The van der Waals surface area contributed by atoms with Gasteiger partial charge in [0.2, 0.25) is 5.91 Å². The number of benzene rings is 1. The van der Waals surface area contributed by atoms with E-state index in [1.165, 1.54) is 6.07 Å². The van der Waals surface area contributed by atoms with Crippen molar-refractivity contribution in [2.75, 3.05) is 11.9 Å². The molecule has 0 fully saturated rings. The van der Waals surface area contributed by atoms with Gasteiger partial charge in [-0.15, -0.1) is 0 Å². The van der Waals surface area contributed by atoms with Crippen molar-refractivity contribution in [2.45, 2.75) is 39.2 Å². The Balaban J connectivity index is 2.49. The highest BCUT2D eigenvalue weighted by atomic mass is 16.6. The fourth-order valence-corrected chi connectivity index (χ4v) is 1.62. The molecule has 0 saturated heterocycles. The molecule has 20 heavy (non-hydrogen) atoms. The molecule has 1 aromatic carbocycles. The van der Waals surface area contributed by atoms with Crippen LogP contribution in [-0.4, -0.2) is 22.9 Å². The maximum atomic E-state index is 11.7. The van der Waals surface area contributed by atoms with Crippen molar-refractivity contribution in [2.24, 2.45) is 0 Å². The van der Waals surface area contributed by atoms with Crippen LogP contribution in [0.5, 0.6) is 0 Å². The number of hydrogen-bond acceptors (Lipinski definition) is 4. The number of amides is 1. The Morgan fingerprint density at radius 2 is 2.00 bits per heavy atom. The topological polar surface area (TPSA) is 84.3 Å². The maximum absolute atomic E-state index is 11.7. The van der Waals surface area contributed by atoms with E-state index in [1.54, 1.807) is 18.2 Å². The first-order valence-electron chi connectivity index (χ1n) is 6.64. The van der Waals surface area contributed by atoms with E-state index in [1.807, 2.05) is 20.8 Å². The summed E-state index contributed by atoms with van der Waals surface area (Å²) in [6.45, 7) is 6.28. The molecule has 1 rings (SSSR count). The zero-order chi connectivity index (χ0) is 15.2. The van der Waals surface area contributed by atoms with Crippen LogP contribution in [0.3, 0.4) is 0 Å². The summed E-state index contributed by atoms with van der Waals surface area (Å²) in [5.41, 5.74) is 0.220. The number of nitro benzene ring substituents is 1. The van der Waals surface area contributed by atoms with Crippen molar-refractivity contribution in [1.82, 2.24) is 5.32 Å². The van der Waals surface area contributed by atoms with E-state index in [-0.39, 0.29) is 23.6 Å². The number of nitrogens with one attached hydrogen (secondary N) is 2. The minimum atomic E-state index is -0.442. The second kappa shape index (κ2) is 6.88. The highest BCUT2D eigenvalue weighted by Gasteiger charge is 2.17. The molecule has 0 unspecified atom stereocenters. The lowest BCUT2D eigenvalue weighted by Gasteiger charge is -2.24. The number of carbonyl (C=O) groups excluding carboxylic acids is 1. The van der Waals surface area contributed by atoms with E-state index in [0.29, 0.717) is 12.2 Å². The second-order valence-electron chi connectivity index (χ2n) is 5.24. The molecule has 2 N–H and O–H groups in total. The molecule has 0 saturated carbocycles. The van der Waals surface area contributed by atoms with Gasteiger partial charge in [-0.2, -0.15) is 0 Å². The molecule has 0 spiro atoms. The van der Waals surface area contributed by atoms with Crippen molar-refractivity contribution in [1.29, 1.82) is 0 Å². The molecule has 110 valence electrons. The van der Waals surface area contributed by atoms with Gasteiger partial charge in [-0.1, -0.05) is 19.1 Å². The molecule has 0 aliphatic heterocycles. The molecule has 0 aliphatic rings. The SMILES string of the molecule is CCC(C)(C)NC(=O)CCNc1ccccc1[N+](=O)[O-]. The second-order valence-corrected chi connectivity index (χ2v) is 5.24. The van der Waals surface area contributed by atoms with E-state index in [9.17, 15) is 14.9 Å². The maximum Gasteiger partial charge on any atom is 0.292 e. The van der Waals surface area contributed by atoms with Crippen molar-refractivity contribution in [3.63, 3.8) is 0 Å². The molecule has 0 aliphatic carbocycles. The Morgan fingerprint density at radius 3 is 2.60 bits per heavy atom. The van der Waals surface area contributed by atoms with Crippen LogP contribution in [0.25, 0.3) is 0 Å². The van der Waals surface area contributed by atoms with E-state index in [4.69, 9.17) is 0 Å². The third-order valence-electron chi connectivity index (χ3n) is 3.13. The molecular weight excluding hydrogens is 258 g/mol. The molecule has 6 heteroatoms. The van der Waals surface area contributed by atoms with E-state index >= 15 is 0 Å². The molecule has 1 aromatic rings. The molecule has 0 atom stereocenters. The first kappa shape index (κ1) is 15.9. The van der Waals surface area contributed by atoms with Gasteiger partial charge in [-0.25, -0.2) is 0 Å². The molecule has 6 nitrogen and oxygen atoms in total. The van der Waals surface area contributed by atoms with Gasteiger partial charge in [0.25, 0.3) is 5.69 Å². The van der Waals surface area contributed by atoms with Crippen LogP contribution >= 0.6 is 0 Å². The Hall–Kier alpha value is -2.11. The minimum absolute atomic E-state index is 0.0156. The third-order valence-corrected chi connectivity index (χ3v) is 3.13. The number of rotatable bonds is 7. The zero-order valence-corrected chi connectivity index (χ0v) is 12.1. The van der Waals surface area contributed by atoms with Gasteiger partial charge < -0.3 is 10.6 Å². The van der Waals surface area contributed by atoms with Gasteiger partial charge in [-0.05, 0) is 26.3 Å². The van der Waals surface area contributed by atoms with Gasteiger partial charge in [0.05, 0.1) is 4.92 Å². The quantitative estimate of drug-likeness (QED) is 0.593. The van der Waals surface area contributed by atoms with Crippen LogP contribution in [0.2, 0.25) is 0 Å². The van der Waals surface area contributed by atoms with Crippen molar-refractivity contribution in [3.05, 3.63) is 34.4 Å². The predicted molar refractivity (Wildman–Crippen MR) is 78.7 cm³/mol. The number of carbonyl (C=O) groups is 1. The minimum Gasteiger partial charge on any atom is -0.379 e. The molecule has 0 heterocycles. The summed E-state index contributed by atoms with van der Waals surface area (Å²) in [7, 11) is 0. The Labute approximate surface area is 118 Å². The van der Waals surface area contributed by atoms with Crippen molar-refractivity contribution in [3.8, 4) is 0 Å². The van der Waals surface area contributed by atoms with E-state index in [2.05, 4.69) is 10.6 Å². The van der Waals surface area contributed by atoms with Gasteiger partial charge >= 0.3 is 0 Å². The number of hydrogen-bond donors (Lipinski definition) is 2. The number of nitrogens with zero attached hydrogens (tertiary/aromatic N) is 1. The summed E-state index contributed by atoms with van der Waals surface area (Å²) >= 11 is 0. The first-order chi connectivity index (χ1) is 9.35. The van der Waals surface area contributed by atoms with Crippen LogP contribution in [0.1, 0.15) is 33.6 Å². The summed E-state index contributed by atoms with van der Waals surface area (Å²) in [6.07, 6.45) is 1.12. The summed E-state index contributed by atoms with van der Waals surface area (Å²) in [5, 5.41) is 16.7. The lowest BCUT2D eigenvalue weighted by atomic mass is 10.0. The predicted octanol–water partition coefficient (Wildman–Crippen LogP) is 2.70. The fraction of sp³-hybridized carbons (Fsp3) is 0.500. The van der Waals surface area contributed by atoms with Gasteiger partial charge in [0.1, 0.15) is 5.69 Å². The fourth-order valence-electron chi connectivity index (χ4n) is 1.62. The van der Waals surface area contributed by atoms with Gasteiger partial charge in [0.15, 0.2) is 0 Å². The Morgan fingerprint density at radius 1 is 1.35 bits per heavy atom. The molecule has 0 bridgehead atoms. The average Bonchev–Trinajstić information content (AvgIpc) is 2.38. The van der Waals surface area contributed by atoms with Crippen molar-refractivity contribution >= 4 is 17.3 Å².